The van der Waals surface area contributed by atoms with Crippen molar-refractivity contribution in [2.45, 2.75) is 13.3 Å². The summed E-state index contributed by atoms with van der Waals surface area (Å²) < 4.78 is 11.5. The highest BCUT2D eigenvalue weighted by Gasteiger charge is 2.34. The second kappa shape index (κ2) is 8.98. The summed E-state index contributed by atoms with van der Waals surface area (Å²) in [4.78, 5) is 31.2. The van der Waals surface area contributed by atoms with Crippen molar-refractivity contribution in [3.05, 3.63) is 89.6 Å². The van der Waals surface area contributed by atoms with Gasteiger partial charge < -0.3 is 9.47 Å². The molecule has 4 aromatic rings. The fourth-order valence-corrected chi connectivity index (χ4v) is 4.42. The number of hydrogen-bond acceptors (Lipinski definition) is 5. The van der Waals surface area contributed by atoms with E-state index in [4.69, 9.17) is 14.5 Å². The lowest BCUT2D eigenvalue weighted by molar-refractivity contribution is 0.0646. The molecule has 0 radical (unpaired) electrons. The average molecular weight is 453 g/mol. The molecule has 2 heterocycles. The summed E-state index contributed by atoms with van der Waals surface area (Å²) in [6, 6.07) is 22.9. The van der Waals surface area contributed by atoms with Crippen LogP contribution in [0.15, 0.2) is 72.8 Å². The number of hydrogen-bond donors (Lipinski definition) is 0. The molecular formula is C28H24N2O4. The highest BCUT2D eigenvalue weighted by Crippen LogP contribution is 2.37. The molecule has 0 unspecified atom stereocenters. The molecule has 0 fully saturated rings. The third kappa shape index (κ3) is 3.77. The van der Waals surface area contributed by atoms with Gasteiger partial charge in [0.25, 0.3) is 11.8 Å². The van der Waals surface area contributed by atoms with Crippen LogP contribution in [0.1, 0.15) is 32.8 Å². The molecule has 34 heavy (non-hydrogen) atoms. The summed E-state index contributed by atoms with van der Waals surface area (Å²) in [5, 5.41) is 1.87. The molecule has 0 saturated carbocycles. The molecule has 1 aliphatic heterocycles. The van der Waals surface area contributed by atoms with Gasteiger partial charge in [0.15, 0.2) is 0 Å². The first-order valence-corrected chi connectivity index (χ1v) is 11.2. The SMILES string of the molecule is COc1ccc2c(OCCCN3C(=O)c4ccccc4C3=O)nc(C)c(-c3ccccc3)c2c1. The highest BCUT2D eigenvalue weighted by atomic mass is 16.5. The van der Waals surface area contributed by atoms with Crippen LogP contribution < -0.4 is 9.47 Å². The summed E-state index contributed by atoms with van der Waals surface area (Å²) in [6.45, 7) is 2.58. The third-order valence-electron chi connectivity index (χ3n) is 6.06. The number of aryl methyl sites for hydroxylation is 1. The minimum Gasteiger partial charge on any atom is -0.497 e. The number of carbonyl (C=O) groups is 2. The monoisotopic (exact) mass is 452 g/mol. The van der Waals surface area contributed by atoms with Crippen LogP contribution in [0.25, 0.3) is 21.9 Å². The fraction of sp³-hybridized carbons (Fsp3) is 0.179. The van der Waals surface area contributed by atoms with Crippen molar-refractivity contribution in [2.75, 3.05) is 20.3 Å². The Morgan fingerprint density at radius 3 is 2.21 bits per heavy atom. The third-order valence-corrected chi connectivity index (χ3v) is 6.06. The summed E-state index contributed by atoms with van der Waals surface area (Å²) in [5.74, 6) is 0.780. The molecule has 6 heteroatoms. The second-order valence-electron chi connectivity index (χ2n) is 8.16. The minimum absolute atomic E-state index is 0.251. The number of benzene rings is 3. The van der Waals surface area contributed by atoms with E-state index in [9.17, 15) is 9.59 Å². The Balaban J connectivity index is 1.37. The zero-order valence-corrected chi connectivity index (χ0v) is 19.1. The van der Waals surface area contributed by atoms with Gasteiger partial charge in [-0.2, -0.15) is 0 Å². The molecule has 1 aliphatic rings. The number of nitrogens with zero attached hydrogens (tertiary/aromatic N) is 2. The first-order valence-electron chi connectivity index (χ1n) is 11.2. The number of ether oxygens (including phenoxy) is 2. The van der Waals surface area contributed by atoms with Gasteiger partial charge in [-0.1, -0.05) is 42.5 Å². The topological polar surface area (TPSA) is 68.7 Å². The number of methoxy groups -OCH3 is 1. The van der Waals surface area contributed by atoms with Crippen LogP contribution in [-0.4, -0.2) is 42.0 Å². The van der Waals surface area contributed by atoms with Crippen LogP contribution in [0.3, 0.4) is 0 Å². The molecule has 1 aromatic heterocycles. The van der Waals surface area contributed by atoms with Gasteiger partial charge in [-0.05, 0) is 49.2 Å². The first kappa shape index (κ1) is 21.6. The van der Waals surface area contributed by atoms with Crippen molar-refractivity contribution in [1.29, 1.82) is 0 Å². The molecule has 0 N–H and O–H groups in total. The molecule has 2 amide bonds. The van der Waals surface area contributed by atoms with E-state index in [-0.39, 0.29) is 11.8 Å². The van der Waals surface area contributed by atoms with Gasteiger partial charge in [-0.3, -0.25) is 14.5 Å². The van der Waals surface area contributed by atoms with Gasteiger partial charge in [0.05, 0.1) is 24.8 Å². The van der Waals surface area contributed by atoms with E-state index in [1.807, 2.05) is 43.3 Å². The lowest BCUT2D eigenvalue weighted by atomic mass is 9.97. The molecule has 0 aliphatic carbocycles. The van der Waals surface area contributed by atoms with Crippen LogP contribution in [0.4, 0.5) is 0 Å². The maximum Gasteiger partial charge on any atom is 0.261 e. The zero-order valence-electron chi connectivity index (χ0n) is 19.1. The molecule has 0 atom stereocenters. The predicted octanol–water partition coefficient (Wildman–Crippen LogP) is 5.28. The van der Waals surface area contributed by atoms with E-state index in [0.29, 0.717) is 36.6 Å². The van der Waals surface area contributed by atoms with Gasteiger partial charge >= 0.3 is 0 Å². The maximum absolute atomic E-state index is 12.6. The fourth-order valence-electron chi connectivity index (χ4n) is 4.42. The van der Waals surface area contributed by atoms with Crippen molar-refractivity contribution < 1.29 is 19.1 Å². The van der Waals surface area contributed by atoms with Gasteiger partial charge in [0.2, 0.25) is 5.88 Å². The van der Waals surface area contributed by atoms with Gasteiger partial charge in [-0.15, -0.1) is 0 Å². The molecular weight excluding hydrogens is 428 g/mol. The Bertz CT molecular complexity index is 1360. The normalized spacial score (nSPS) is 12.8. The summed E-state index contributed by atoms with van der Waals surface area (Å²) in [7, 11) is 1.65. The number of imide groups is 1. The summed E-state index contributed by atoms with van der Waals surface area (Å²) in [6.07, 6.45) is 0.504. The second-order valence-corrected chi connectivity index (χ2v) is 8.16. The molecule has 0 saturated heterocycles. The molecule has 0 spiro atoms. The Morgan fingerprint density at radius 1 is 0.853 bits per heavy atom. The van der Waals surface area contributed by atoms with Crippen LogP contribution in [0, 0.1) is 6.92 Å². The lowest BCUT2D eigenvalue weighted by Gasteiger charge is -2.17. The smallest absolute Gasteiger partial charge is 0.261 e. The van der Waals surface area contributed by atoms with Gasteiger partial charge in [-0.25, -0.2) is 4.98 Å². The maximum atomic E-state index is 12.6. The van der Waals surface area contributed by atoms with E-state index in [1.54, 1.807) is 31.4 Å². The van der Waals surface area contributed by atoms with Gasteiger partial charge in [0.1, 0.15) is 5.75 Å². The Hall–Kier alpha value is -4.19. The first-order chi connectivity index (χ1) is 16.6. The molecule has 5 rings (SSSR count). The number of carbonyl (C=O) groups excluding carboxylic acids is 2. The lowest BCUT2D eigenvalue weighted by Crippen LogP contribution is -2.31. The average Bonchev–Trinajstić information content (AvgIpc) is 3.11. The van der Waals surface area contributed by atoms with Crippen LogP contribution in [0.5, 0.6) is 11.6 Å². The Labute approximate surface area is 197 Å². The molecule has 3 aromatic carbocycles. The van der Waals surface area contributed by atoms with Crippen LogP contribution in [0.2, 0.25) is 0 Å². The number of fused-ring (bicyclic) bond motifs is 2. The molecule has 0 bridgehead atoms. The van der Waals surface area contributed by atoms with Crippen LogP contribution >= 0.6 is 0 Å². The number of rotatable bonds is 7. The Morgan fingerprint density at radius 2 is 1.53 bits per heavy atom. The zero-order chi connectivity index (χ0) is 23.7. The predicted molar refractivity (Wildman–Crippen MR) is 130 cm³/mol. The van der Waals surface area contributed by atoms with Crippen LogP contribution in [-0.2, 0) is 0 Å². The van der Waals surface area contributed by atoms with E-state index in [0.717, 1.165) is 33.3 Å². The molecule has 6 nitrogen and oxygen atoms in total. The van der Waals surface area contributed by atoms with Gasteiger partial charge in [0, 0.05) is 28.6 Å². The van der Waals surface area contributed by atoms with Crippen molar-refractivity contribution >= 4 is 22.6 Å². The quantitative estimate of drug-likeness (QED) is 0.282. The van der Waals surface area contributed by atoms with Crippen molar-refractivity contribution in [2.24, 2.45) is 0 Å². The standard InChI is InChI=1S/C28H24N2O4/c1-18-25(19-9-4-3-5-10-19)24-17-20(33-2)13-14-21(24)26(29-18)34-16-8-15-30-27(31)22-11-6-7-12-23(22)28(30)32/h3-7,9-14,17H,8,15-16H2,1-2H3. The summed E-state index contributed by atoms with van der Waals surface area (Å²) >= 11 is 0. The van der Waals surface area contributed by atoms with E-state index < -0.39 is 0 Å². The minimum atomic E-state index is -0.251. The largest absolute Gasteiger partial charge is 0.497 e. The van der Waals surface area contributed by atoms with Crippen molar-refractivity contribution in [3.8, 4) is 22.8 Å². The van der Waals surface area contributed by atoms with E-state index >= 15 is 0 Å². The number of aromatic nitrogens is 1. The number of amides is 2. The molecule has 170 valence electrons. The Kier molecular flexibility index (Phi) is 5.72. The highest BCUT2D eigenvalue weighted by molar-refractivity contribution is 6.21. The number of pyridine rings is 1. The van der Waals surface area contributed by atoms with Crippen molar-refractivity contribution in [3.63, 3.8) is 0 Å². The summed E-state index contributed by atoms with van der Waals surface area (Å²) in [5.41, 5.74) is 3.88. The van der Waals surface area contributed by atoms with E-state index in [1.165, 1.54) is 4.90 Å². The van der Waals surface area contributed by atoms with Crippen molar-refractivity contribution in [1.82, 2.24) is 9.88 Å². The van der Waals surface area contributed by atoms with E-state index in [2.05, 4.69) is 12.1 Å².